The summed E-state index contributed by atoms with van der Waals surface area (Å²) in [5, 5.41) is 0.129. The van der Waals surface area contributed by atoms with Gasteiger partial charge in [0.15, 0.2) is 10.8 Å². The first-order valence-electron chi connectivity index (χ1n) is 6.21. The second-order valence-corrected chi connectivity index (χ2v) is 6.53. The fourth-order valence-corrected chi connectivity index (χ4v) is 3.54. The summed E-state index contributed by atoms with van der Waals surface area (Å²) in [4.78, 5) is 14.7. The van der Waals surface area contributed by atoms with Crippen molar-refractivity contribution in [2.24, 2.45) is 0 Å². The lowest BCUT2D eigenvalue weighted by Crippen LogP contribution is -2.39. The Morgan fingerprint density at radius 2 is 2.00 bits per heavy atom. The van der Waals surface area contributed by atoms with Gasteiger partial charge in [0.25, 0.3) is 0 Å². The van der Waals surface area contributed by atoms with E-state index in [0.717, 1.165) is 19.3 Å². The number of H-pyrrole nitrogens is 1. The minimum atomic E-state index is -3.64. The van der Waals surface area contributed by atoms with Gasteiger partial charge in [-0.25, -0.2) is 9.71 Å². The van der Waals surface area contributed by atoms with Crippen LogP contribution in [0.1, 0.15) is 19.3 Å². The molecule has 1 aliphatic rings. The molecule has 0 radical (unpaired) electrons. The van der Waals surface area contributed by atoms with E-state index in [1.165, 1.54) is 10.6 Å². The number of aromatic nitrogens is 4. The third kappa shape index (κ3) is 2.56. The first kappa shape index (κ1) is 13.5. The topological polar surface area (TPSA) is 104 Å². The van der Waals surface area contributed by atoms with Crippen LogP contribution in [0.5, 0.6) is 0 Å². The fourth-order valence-electron chi connectivity index (χ4n) is 2.13. The first-order valence-corrected chi connectivity index (χ1v) is 8.02. The number of rotatable bonds is 3. The van der Waals surface area contributed by atoms with Crippen LogP contribution in [0.25, 0.3) is 11.2 Å². The van der Waals surface area contributed by atoms with Crippen LogP contribution in [0.15, 0.2) is 6.33 Å². The quantitative estimate of drug-likeness (QED) is 0.827. The van der Waals surface area contributed by atoms with E-state index >= 15 is 0 Å². The Morgan fingerprint density at radius 1 is 1.25 bits per heavy atom. The van der Waals surface area contributed by atoms with Gasteiger partial charge in [0.1, 0.15) is 5.52 Å². The monoisotopic (exact) mass is 316 g/mol. The van der Waals surface area contributed by atoms with Gasteiger partial charge in [0.2, 0.25) is 5.95 Å². The Morgan fingerprint density at radius 3 is 2.75 bits per heavy atom. The highest BCUT2D eigenvalue weighted by Crippen LogP contribution is 2.20. The highest BCUT2D eigenvalue weighted by atomic mass is 35.5. The Labute approximate surface area is 120 Å². The fraction of sp³-hybridized carbons (Fsp3) is 0.500. The summed E-state index contributed by atoms with van der Waals surface area (Å²) in [6.07, 6.45) is 4.20. The van der Waals surface area contributed by atoms with E-state index in [9.17, 15) is 8.42 Å². The van der Waals surface area contributed by atoms with E-state index < -0.39 is 10.2 Å². The number of fused-ring (bicyclic) bond motifs is 1. The lowest BCUT2D eigenvalue weighted by Gasteiger charge is -2.25. The molecule has 3 heterocycles. The van der Waals surface area contributed by atoms with Gasteiger partial charge in [-0.2, -0.15) is 22.7 Å². The van der Waals surface area contributed by atoms with E-state index in [1.54, 1.807) is 0 Å². The van der Waals surface area contributed by atoms with E-state index in [1.807, 2.05) is 0 Å². The number of anilines is 1. The number of nitrogens with one attached hydrogen (secondary N) is 2. The zero-order chi connectivity index (χ0) is 14.2. The SMILES string of the molecule is O=S(=O)(Nc1nc(Cl)c2[nH]cnc2n1)N1CCCCC1. The highest BCUT2D eigenvalue weighted by molar-refractivity contribution is 7.90. The zero-order valence-corrected chi connectivity index (χ0v) is 12.1. The number of imidazole rings is 1. The van der Waals surface area contributed by atoms with Crippen molar-refractivity contribution in [3.8, 4) is 0 Å². The summed E-state index contributed by atoms with van der Waals surface area (Å²) in [5.41, 5.74) is 0.800. The molecule has 8 nitrogen and oxygen atoms in total. The van der Waals surface area contributed by atoms with Crippen LogP contribution < -0.4 is 4.72 Å². The van der Waals surface area contributed by atoms with Crippen LogP contribution in [0, 0.1) is 0 Å². The largest absolute Gasteiger partial charge is 0.341 e. The molecular weight excluding hydrogens is 304 g/mol. The molecule has 0 aromatic carbocycles. The van der Waals surface area contributed by atoms with Crippen molar-refractivity contribution in [1.82, 2.24) is 24.2 Å². The maximum Gasteiger partial charge on any atom is 0.303 e. The van der Waals surface area contributed by atoms with Crippen LogP contribution in [-0.4, -0.2) is 45.7 Å². The molecule has 0 aliphatic carbocycles. The van der Waals surface area contributed by atoms with Crippen LogP contribution in [0.4, 0.5) is 5.95 Å². The average molecular weight is 317 g/mol. The van der Waals surface area contributed by atoms with Gasteiger partial charge < -0.3 is 4.98 Å². The van der Waals surface area contributed by atoms with E-state index in [0.29, 0.717) is 24.3 Å². The number of piperidine rings is 1. The van der Waals surface area contributed by atoms with Crippen LogP contribution in [-0.2, 0) is 10.2 Å². The Kier molecular flexibility index (Phi) is 3.48. The molecule has 20 heavy (non-hydrogen) atoms. The van der Waals surface area contributed by atoms with Gasteiger partial charge in [-0.1, -0.05) is 18.0 Å². The summed E-state index contributed by atoms with van der Waals surface area (Å²) in [6.45, 7) is 1.02. The molecule has 0 bridgehead atoms. The molecule has 1 aliphatic heterocycles. The maximum absolute atomic E-state index is 12.2. The van der Waals surface area contributed by atoms with Gasteiger partial charge in [-0.05, 0) is 12.8 Å². The molecule has 3 rings (SSSR count). The number of halogens is 1. The predicted molar refractivity (Wildman–Crippen MR) is 74.7 cm³/mol. The van der Waals surface area contributed by atoms with Crippen molar-refractivity contribution in [2.45, 2.75) is 19.3 Å². The van der Waals surface area contributed by atoms with Crippen molar-refractivity contribution in [1.29, 1.82) is 0 Å². The Balaban J connectivity index is 1.88. The van der Waals surface area contributed by atoms with Gasteiger partial charge >= 0.3 is 10.2 Å². The number of hydrogen-bond donors (Lipinski definition) is 2. The first-order chi connectivity index (χ1) is 9.56. The average Bonchev–Trinajstić information content (AvgIpc) is 2.88. The summed E-state index contributed by atoms with van der Waals surface area (Å²) >= 11 is 5.95. The molecule has 1 saturated heterocycles. The van der Waals surface area contributed by atoms with Crippen LogP contribution in [0.2, 0.25) is 5.15 Å². The minimum Gasteiger partial charge on any atom is -0.341 e. The van der Waals surface area contributed by atoms with Gasteiger partial charge in [-0.15, -0.1) is 0 Å². The molecule has 0 atom stereocenters. The molecular formula is C10H13ClN6O2S. The molecule has 2 aromatic rings. The third-order valence-electron chi connectivity index (χ3n) is 3.12. The second-order valence-electron chi connectivity index (χ2n) is 4.51. The molecule has 10 heteroatoms. The van der Waals surface area contributed by atoms with Crippen LogP contribution in [0.3, 0.4) is 0 Å². The smallest absolute Gasteiger partial charge is 0.303 e. The van der Waals surface area contributed by atoms with Gasteiger partial charge in [-0.3, -0.25) is 0 Å². The van der Waals surface area contributed by atoms with Crippen LogP contribution >= 0.6 is 11.6 Å². The van der Waals surface area contributed by atoms with E-state index in [2.05, 4.69) is 24.7 Å². The molecule has 0 amide bonds. The second kappa shape index (κ2) is 5.15. The molecule has 1 fully saturated rings. The minimum absolute atomic E-state index is 0.0693. The van der Waals surface area contributed by atoms with Crippen molar-refractivity contribution in [3.05, 3.63) is 11.5 Å². The molecule has 0 unspecified atom stereocenters. The molecule has 2 aromatic heterocycles. The zero-order valence-electron chi connectivity index (χ0n) is 10.5. The highest BCUT2D eigenvalue weighted by Gasteiger charge is 2.25. The summed E-state index contributed by atoms with van der Waals surface area (Å²) in [6, 6.07) is 0. The standard InChI is InChI=1S/C10H13ClN6O2S/c11-8-7-9(13-6-12-7)15-10(14-8)16-20(18,19)17-4-2-1-3-5-17/h6H,1-5H2,(H2,12,13,14,15,16). The maximum atomic E-state index is 12.2. The lowest BCUT2D eigenvalue weighted by molar-refractivity contribution is 0.349. The molecule has 108 valence electrons. The summed E-state index contributed by atoms with van der Waals surface area (Å²) < 4.78 is 28.1. The van der Waals surface area contributed by atoms with E-state index in [4.69, 9.17) is 11.6 Å². The molecule has 0 spiro atoms. The lowest BCUT2D eigenvalue weighted by atomic mass is 10.2. The van der Waals surface area contributed by atoms with Crippen molar-refractivity contribution >= 4 is 38.9 Å². The van der Waals surface area contributed by atoms with Crippen molar-refractivity contribution in [2.75, 3.05) is 17.8 Å². The molecule has 2 N–H and O–H groups in total. The summed E-state index contributed by atoms with van der Waals surface area (Å²) in [7, 11) is -3.64. The van der Waals surface area contributed by atoms with Gasteiger partial charge in [0, 0.05) is 13.1 Å². The van der Waals surface area contributed by atoms with Crippen molar-refractivity contribution in [3.63, 3.8) is 0 Å². The predicted octanol–water partition coefficient (Wildman–Crippen LogP) is 1.15. The normalized spacial score (nSPS) is 17.4. The Hall–Kier alpha value is -1.45. The van der Waals surface area contributed by atoms with Gasteiger partial charge in [0.05, 0.1) is 6.33 Å². The Bertz CT molecular complexity index is 724. The molecule has 0 saturated carbocycles. The third-order valence-corrected chi connectivity index (χ3v) is 4.88. The number of nitrogens with zero attached hydrogens (tertiary/aromatic N) is 4. The van der Waals surface area contributed by atoms with Crippen molar-refractivity contribution < 1.29 is 8.42 Å². The number of aromatic amines is 1. The van der Waals surface area contributed by atoms with E-state index in [-0.39, 0.29) is 11.1 Å². The summed E-state index contributed by atoms with van der Waals surface area (Å²) in [5.74, 6) is -0.0693. The number of hydrogen-bond acceptors (Lipinski definition) is 5.